The lowest BCUT2D eigenvalue weighted by atomic mass is 10.3. The van der Waals surface area contributed by atoms with Gasteiger partial charge < -0.3 is 9.80 Å². The average Bonchev–Trinajstić information content (AvgIpc) is 3.18. The SMILES string of the molecule is O=C(c1cn[nH]n1)N1CCCN(c2nc3ccc(Cl)cc3s2)CC1. The molecule has 3 aromatic rings. The van der Waals surface area contributed by atoms with Gasteiger partial charge in [-0.15, -0.1) is 0 Å². The molecule has 0 radical (unpaired) electrons. The molecule has 24 heavy (non-hydrogen) atoms. The van der Waals surface area contributed by atoms with Crippen LogP contribution < -0.4 is 4.90 Å². The summed E-state index contributed by atoms with van der Waals surface area (Å²) in [5.41, 5.74) is 1.32. The van der Waals surface area contributed by atoms with Gasteiger partial charge in [0.2, 0.25) is 0 Å². The Morgan fingerprint density at radius 2 is 2.17 bits per heavy atom. The van der Waals surface area contributed by atoms with Crippen molar-refractivity contribution >= 4 is 44.2 Å². The summed E-state index contributed by atoms with van der Waals surface area (Å²) in [4.78, 5) is 21.1. The Labute approximate surface area is 147 Å². The Bertz CT molecular complexity index is 864. The highest BCUT2D eigenvalue weighted by molar-refractivity contribution is 7.22. The fourth-order valence-corrected chi connectivity index (χ4v) is 4.09. The molecule has 1 saturated heterocycles. The molecule has 0 saturated carbocycles. The highest BCUT2D eigenvalue weighted by Crippen LogP contribution is 2.31. The summed E-state index contributed by atoms with van der Waals surface area (Å²) in [5.74, 6) is -0.0818. The number of fused-ring (bicyclic) bond motifs is 1. The van der Waals surface area contributed by atoms with Crippen LogP contribution in [0.4, 0.5) is 5.13 Å². The number of carbonyl (C=O) groups is 1. The summed E-state index contributed by atoms with van der Waals surface area (Å²) < 4.78 is 1.08. The van der Waals surface area contributed by atoms with E-state index in [1.54, 1.807) is 11.3 Å². The predicted octanol–water partition coefficient (Wildman–Crippen LogP) is 2.42. The van der Waals surface area contributed by atoms with Gasteiger partial charge in [0.05, 0.1) is 16.4 Å². The normalized spacial score (nSPS) is 15.7. The van der Waals surface area contributed by atoms with Crippen LogP contribution >= 0.6 is 22.9 Å². The average molecular weight is 363 g/mol. The minimum atomic E-state index is -0.0818. The molecule has 0 unspecified atom stereocenters. The van der Waals surface area contributed by atoms with E-state index in [0.29, 0.717) is 18.8 Å². The van der Waals surface area contributed by atoms with Gasteiger partial charge in [-0.3, -0.25) is 4.79 Å². The van der Waals surface area contributed by atoms with Gasteiger partial charge in [0.15, 0.2) is 10.8 Å². The summed E-state index contributed by atoms with van der Waals surface area (Å²) in [5, 5.41) is 11.8. The lowest BCUT2D eigenvalue weighted by molar-refractivity contribution is 0.0761. The Morgan fingerprint density at radius 3 is 3.00 bits per heavy atom. The molecule has 0 spiro atoms. The highest BCUT2D eigenvalue weighted by atomic mass is 35.5. The third-order valence-corrected chi connectivity index (χ3v) is 5.34. The van der Waals surface area contributed by atoms with Crippen LogP contribution in [0.25, 0.3) is 10.2 Å². The largest absolute Gasteiger partial charge is 0.346 e. The van der Waals surface area contributed by atoms with Crippen LogP contribution in [0.5, 0.6) is 0 Å². The van der Waals surface area contributed by atoms with Gasteiger partial charge in [-0.2, -0.15) is 15.4 Å². The van der Waals surface area contributed by atoms with Crippen molar-refractivity contribution < 1.29 is 4.79 Å². The van der Waals surface area contributed by atoms with Crippen molar-refractivity contribution in [2.24, 2.45) is 0 Å². The molecule has 0 bridgehead atoms. The minimum Gasteiger partial charge on any atom is -0.346 e. The van der Waals surface area contributed by atoms with Crippen molar-refractivity contribution in [3.05, 3.63) is 35.1 Å². The molecule has 3 heterocycles. The molecule has 1 aliphatic rings. The number of benzene rings is 1. The van der Waals surface area contributed by atoms with E-state index in [1.807, 2.05) is 23.1 Å². The second-order valence-corrected chi connectivity index (χ2v) is 7.04. The first-order chi connectivity index (χ1) is 11.7. The van der Waals surface area contributed by atoms with Crippen LogP contribution in [0.3, 0.4) is 0 Å². The number of nitrogens with zero attached hydrogens (tertiary/aromatic N) is 5. The molecule has 124 valence electrons. The fraction of sp³-hybridized carbons (Fsp3) is 0.333. The molecule has 4 rings (SSSR count). The van der Waals surface area contributed by atoms with E-state index >= 15 is 0 Å². The number of anilines is 1. The second-order valence-electron chi connectivity index (χ2n) is 5.60. The van der Waals surface area contributed by atoms with Crippen LogP contribution in [-0.4, -0.2) is 57.4 Å². The van der Waals surface area contributed by atoms with Crippen LogP contribution in [-0.2, 0) is 0 Å². The van der Waals surface area contributed by atoms with Crippen molar-refractivity contribution in [3.8, 4) is 0 Å². The van der Waals surface area contributed by atoms with E-state index in [0.717, 1.165) is 39.9 Å². The number of hydrogen-bond donors (Lipinski definition) is 1. The van der Waals surface area contributed by atoms with Crippen molar-refractivity contribution in [3.63, 3.8) is 0 Å². The molecule has 9 heteroatoms. The molecule has 1 aromatic carbocycles. The summed E-state index contributed by atoms with van der Waals surface area (Å²) in [6.07, 6.45) is 2.35. The number of amides is 1. The number of rotatable bonds is 2. The third-order valence-electron chi connectivity index (χ3n) is 4.03. The molecular formula is C15H15ClN6OS. The number of hydrogen-bond acceptors (Lipinski definition) is 6. The maximum absolute atomic E-state index is 12.4. The topological polar surface area (TPSA) is 78.0 Å². The van der Waals surface area contributed by atoms with E-state index in [2.05, 4.69) is 20.3 Å². The molecule has 1 N–H and O–H groups in total. The zero-order chi connectivity index (χ0) is 16.5. The van der Waals surface area contributed by atoms with Gasteiger partial charge in [0, 0.05) is 31.2 Å². The zero-order valence-electron chi connectivity index (χ0n) is 12.8. The van der Waals surface area contributed by atoms with E-state index < -0.39 is 0 Å². The Morgan fingerprint density at radius 1 is 1.25 bits per heavy atom. The second kappa shape index (κ2) is 6.37. The van der Waals surface area contributed by atoms with Crippen molar-refractivity contribution in [2.75, 3.05) is 31.1 Å². The number of nitrogens with one attached hydrogen (secondary N) is 1. The highest BCUT2D eigenvalue weighted by Gasteiger charge is 2.23. The van der Waals surface area contributed by atoms with E-state index in [1.165, 1.54) is 6.20 Å². The first kappa shape index (κ1) is 15.3. The molecule has 2 aromatic heterocycles. The van der Waals surface area contributed by atoms with E-state index in [4.69, 9.17) is 16.6 Å². The lowest BCUT2D eigenvalue weighted by Gasteiger charge is -2.20. The Balaban J connectivity index is 1.50. The first-order valence-corrected chi connectivity index (χ1v) is 8.86. The molecule has 1 fully saturated rings. The van der Waals surface area contributed by atoms with Gasteiger partial charge in [-0.25, -0.2) is 4.98 Å². The number of carbonyl (C=O) groups excluding carboxylic acids is 1. The van der Waals surface area contributed by atoms with E-state index in [9.17, 15) is 4.79 Å². The number of H-pyrrole nitrogens is 1. The van der Waals surface area contributed by atoms with Crippen LogP contribution in [0.2, 0.25) is 5.02 Å². The van der Waals surface area contributed by atoms with Crippen molar-refractivity contribution in [1.29, 1.82) is 0 Å². The molecule has 1 aliphatic heterocycles. The molecular weight excluding hydrogens is 348 g/mol. The maximum atomic E-state index is 12.4. The minimum absolute atomic E-state index is 0.0818. The van der Waals surface area contributed by atoms with Gasteiger partial charge in [0.25, 0.3) is 5.91 Å². The number of aromatic amines is 1. The van der Waals surface area contributed by atoms with Crippen molar-refractivity contribution in [1.82, 2.24) is 25.3 Å². The van der Waals surface area contributed by atoms with Crippen LogP contribution in [0, 0.1) is 0 Å². The van der Waals surface area contributed by atoms with Crippen LogP contribution in [0.15, 0.2) is 24.4 Å². The standard InChI is InChI=1S/C15H15ClN6OS/c16-10-2-3-11-13(8-10)24-15(18-11)22-5-1-4-21(6-7-22)14(23)12-9-17-20-19-12/h2-3,8-9H,1,4-7H2,(H,17,19,20). The first-order valence-electron chi connectivity index (χ1n) is 7.67. The summed E-state index contributed by atoms with van der Waals surface area (Å²) in [6.45, 7) is 2.97. The van der Waals surface area contributed by atoms with Crippen molar-refractivity contribution in [2.45, 2.75) is 6.42 Å². The summed E-state index contributed by atoms with van der Waals surface area (Å²) >= 11 is 7.68. The third kappa shape index (κ3) is 2.94. The Hall–Kier alpha value is -2.19. The van der Waals surface area contributed by atoms with E-state index in [-0.39, 0.29) is 5.91 Å². The van der Waals surface area contributed by atoms with Gasteiger partial charge >= 0.3 is 0 Å². The molecule has 7 nitrogen and oxygen atoms in total. The maximum Gasteiger partial charge on any atom is 0.276 e. The van der Waals surface area contributed by atoms with Gasteiger partial charge in [0.1, 0.15) is 0 Å². The van der Waals surface area contributed by atoms with Gasteiger partial charge in [-0.05, 0) is 24.6 Å². The van der Waals surface area contributed by atoms with Crippen LogP contribution in [0.1, 0.15) is 16.9 Å². The number of halogens is 1. The number of aromatic nitrogens is 4. The fourth-order valence-electron chi connectivity index (χ4n) is 2.80. The Kier molecular flexibility index (Phi) is 4.07. The summed E-state index contributed by atoms with van der Waals surface area (Å²) in [6, 6.07) is 5.74. The lowest BCUT2D eigenvalue weighted by Crippen LogP contribution is -2.35. The predicted molar refractivity (Wildman–Crippen MR) is 93.7 cm³/mol. The number of thiazole rings is 1. The monoisotopic (exact) mass is 362 g/mol. The quantitative estimate of drug-likeness (QED) is 0.757. The zero-order valence-corrected chi connectivity index (χ0v) is 14.3. The molecule has 0 aliphatic carbocycles. The smallest absolute Gasteiger partial charge is 0.276 e. The molecule has 1 amide bonds. The summed E-state index contributed by atoms with van der Waals surface area (Å²) in [7, 11) is 0. The van der Waals surface area contributed by atoms with Gasteiger partial charge in [-0.1, -0.05) is 22.9 Å². The molecule has 0 atom stereocenters.